The highest BCUT2D eigenvalue weighted by Crippen LogP contribution is 2.32. The average Bonchev–Trinajstić information content (AvgIpc) is 2.69. The molecule has 2 rings (SSSR count). The lowest BCUT2D eigenvalue weighted by Crippen LogP contribution is -2.09. The van der Waals surface area contributed by atoms with E-state index in [-0.39, 0.29) is 11.6 Å². The molecule has 4 heteroatoms. The number of aromatic nitrogens is 1. The van der Waals surface area contributed by atoms with E-state index >= 15 is 0 Å². The van der Waals surface area contributed by atoms with Crippen molar-refractivity contribution in [2.45, 2.75) is 26.8 Å². The zero-order valence-electron chi connectivity index (χ0n) is 11.1. The van der Waals surface area contributed by atoms with Gasteiger partial charge in [0, 0.05) is 17.3 Å². The summed E-state index contributed by atoms with van der Waals surface area (Å²) in [6.45, 7) is 4.82. The zero-order valence-corrected chi connectivity index (χ0v) is 11.1. The van der Waals surface area contributed by atoms with Crippen LogP contribution in [0.4, 0.5) is 0 Å². The maximum atomic E-state index is 10.3. The summed E-state index contributed by atoms with van der Waals surface area (Å²) in [5.74, 6) is 0.639. The van der Waals surface area contributed by atoms with Gasteiger partial charge in [-0.1, -0.05) is 32.0 Å². The third-order valence-corrected chi connectivity index (χ3v) is 3.23. The van der Waals surface area contributed by atoms with Crippen LogP contribution in [0.15, 0.2) is 24.3 Å². The van der Waals surface area contributed by atoms with Crippen LogP contribution in [0.5, 0.6) is 5.88 Å². The Labute approximate surface area is 112 Å². The number of fused-ring (bicyclic) bond motifs is 1. The molecule has 0 amide bonds. The van der Waals surface area contributed by atoms with E-state index in [4.69, 9.17) is 10.7 Å². The third-order valence-electron chi connectivity index (χ3n) is 3.23. The van der Waals surface area contributed by atoms with Gasteiger partial charge >= 0.3 is 0 Å². The predicted octanol–water partition coefficient (Wildman–Crippen LogP) is 3.28. The van der Waals surface area contributed by atoms with Crippen LogP contribution < -0.4 is 0 Å². The maximum Gasteiger partial charge on any atom is 0.199 e. The van der Waals surface area contributed by atoms with Crippen molar-refractivity contribution in [3.63, 3.8) is 0 Å². The number of hydrogen-bond acceptors (Lipinski definition) is 3. The summed E-state index contributed by atoms with van der Waals surface area (Å²) in [6.07, 6.45) is 0.889. The molecule has 0 fully saturated rings. The molecule has 0 spiro atoms. The van der Waals surface area contributed by atoms with Crippen LogP contribution in [-0.2, 0) is 6.54 Å². The molecule has 1 aromatic carbocycles. The minimum absolute atomic E-state index is 0.111. The number of hydrogen-bond donors (Lipinski definition) is 2. The van der Waals surface area contributed by atoms with Gasteiger partial charge in [0.1, 0.15) is 6.07 Å². The van der Waals surface area contributed by atoms with Gasteiger partial charge in [-0.15, -0.1) is 0 Å². The minimum Gasteiger partial charge on any atom is -0.494 e. The molecule has 0 aliphatic heterocycles. The Morgan fingerprint density at radius 3 is 2.58 bits per heavy atom. The summed E-state index contributed by atoms with van der Waals surface area (Å²) < 4.78 is 1.68. The number of rotatable bonds is 4. The van der Waals surface area contributed by atoms with Gasteiger partial charge < -0.3 is 9.67 Å². The molecule has 98 valence electrons. The maximum absolute atomic E-state index is 10.3. The van der Waals surface area contributed by atoms with Gasteiger partial charge in [-0.2, -0.15) is 5.26 Å². The smallest absolute Gasteiger partial charge is 0.199 e. The highest BCUT2D eigenvalue weighted by molar-refractivity contribution is 6.17. The van der Waals surface area contributed by atoms with Gasteiger partial charge in [-0.05, 0) is 18.4 Å². The second kappa shape index (κ2) is 5.15. The molecule has 1 aromatic heterocycles. The lowest BCUT2D eigenvalue weighted by molar-refractivity contribution is 0.404. The molecule has 0 atom stereocenters. The van der Waals surface area contributed by atoms with E-state index in [0.29, 0.717) is 23.5 Å². The molecule has 1 heterocycles. The molecule has 0 aliphatic rings. The minimum atomic E-state index is -0.111. The quantitative estimate of drug-likeness (QED) is 0.823. The van der Waals surface area contributed by atoms with Gasteiger partial charge in [0.15, 0.2) is 11.6 Å². The molecule has 2 N–H and O–H groups in total. The Kier molecular flexibility index (Phi) is 3.57. The fourth-order valence-electron chi connectivity index (χ4n) is 2.21. The Balaban J connectivity index is 2.63. The third kappa shape index (κ3) is 2.32. The second-order valence-corrected chi connectivity index (χ2v) is 5.04. The van der Waals surface area contributed by atoms with Crippen LogP contribution in [0.2, 0.25) is 0 Å². The number of aromatic hydroxyl groups is 1. The van der Waals surface area contributed by atoms with E-state index in [0.717, 1.165) is 11.8 Å². The number of nitrogens with zero attached hydrogens (tertiary/aromatic N) is 2. The van der Waals surface area contributed by atoms with Gasteiger partial charge in [0.05, 0.1) is 5.69 Å². The normalized spacial score (nSPS) is 10.8. The molecule has 0 unspecified atom stereocenters. The molecule has 4 nitrogen and oxygen atoms in total. The summed E-state index contributed by atoms with van der Waals surface area (Å²) in [4.78, 5) is 0. The van der Waals surface area contributed by atoms with Gasteiger partial charge in [0.2, 0.25) is 0 Å². The van der Waals surface area contributed by atoms with Crippen LogP contribution in [0.3, 0.4) is 0 Å². The molecule has 0 saturated heterocycles. The predicted molar refractivity (Wildman–Crippen MR) is 75.5 cm³/mol. The lowest BCUT2D eigenvalue weighted by atomic mass is 10.1. The fourth-order valence-corrected chi connectivity index (χ4v) is 2.21. The molecule has 0 aliphatic carbocycles. The Morgan fingerprint density at radius 2 is 2.00 bits per heavy atom. The highest BCUT2D eigenvalue weighted by Gasteiger charge is 2.19. The molecule has 19 heavy (non-hydrogen) atoms. The van der Waals surface area contributed by atoms with Crippen molar-refractivity contribution in [2.24, 2.45) is 5.92 Å². The van der Waals surface area contributed by atoms with Gasteiger partial charge in [-0.25, -0.2) is 0 Å². The van der Waals surface area contributed by atoms with E-state index in [9.17, 15) is 5.11 Å². The Bertz CT molecular complexity index is 662. The van der Waals surface area contributed by atoms with Crippen LogP contribution >= 0.6 is 0 Å². The van der Waals surface area contributed by atoms with Gasteiger partial charge in [-0.3, -0.25) is 5.41 Å². The molecular weight excluding hydrogens is 238 g/mol. The van der Waals surface area contributed by atoms with Crippen molar-refractivity contribution in [3.8, 4) is 11.9 Å². The summed E-state index contributed by atoms with van der Waals surface area (Å²) in [5.41, 5.74) is 0.400. The zero-order chi connectivity index (χ0) is 14.0. The van der Waals surface area contributed by atoms with Crippen molar-refractivity contribution in [3.05, 3.63) is 30.0 Å². The molecule has 2 aromatic rings. The topological polar surface area (TPSA) is 72.8 Å². The first-order valence-electron chi connectivity index (χ1n) is 6.35. The van der Waals surface area contributed by atoms with Crippen molar-refractivity contribution >= 4 is 16.5 Å². The van der Waals surface area contributed by atoms with Crippen LogP contribution in [0, 0.1) is 22.7 Å². The first-order valence-corrected chi connectivity index (χ1v) is 6.35. The summed E-state index contributed by atoms with van der Waals surface area (Å²) in [7, 11) is 0. The van der Waals surface area contributed by atoms with E-state index < -0.39 is 0 Å². The van der Waals surface area contributed by atoms with Crippen LogP contribution in [0.25, 0.3) is 10.8 Å². The number of benzene rings is 1. The summed E-state index contributed by atoms with van der Waals surface area (Å²) in [5, 5.41) is 28.5. The van der Waals surface area contributed by atoms with Crippen LogP contribution in [-0.4, -0.2) is 15.4 Å². The summed E-state index contributed by atoms with van der Waals surface area (Å²) in [6, 6.07) is 9.20. The molecular formula is C15H17N3O. The van der Waals surface area contributed by atoms with E-state index in [1.165, 1.54) is 0 Å². The molecule has 0 radical (unpaired) electrons. The SMILES string of the molecule is CC(C)CCn1c(O)c2ccccc2c1C(=N)C#N. The largest absolute Gasteiger partial charge is 0.494 e. The van der Waals surface area contributed by atoms with E-state index in [2.05, 4.69) is 13.8 Å². The number of nitrogens with one attached hydrogen (secondary N) is 1. The molecule has 0 bridgehead atoms. The van der Waals surface area contributed by atoms with Crippen LogP contribution in [0.1, 0.15) is 26.0 Å². The summed E-state index contributed by atoms with van der Waals surface area (Å²) >= 11 is 0. The molecule has 0 saturated carbocycles. The van der Waals surface area contributed by atoms with Crippen molar-refractivity contribution in [1.29, 1.82) is 10.7 Å². The Hall–Kier alpha value is -2.28. The first-order chi connectivity index (χ1) is 9.06. The van der Waals surface area contributed by atoms with E-state index in [1.807, 2.05) is 30.3 Å². The monoisotopic (exact) mass is 255 g/mol. The first kappa shape index (κ1) is 13.2. The van der Waals surface area contributed by atoms with Crippen molar-refractivity contribution in [1.82, 2.24) is 4.57 Å². The Morgan fingerprint density at radius 1 is 1.37 bits per heavy atom. The van der Waals surface area contributed by atoms with E-state index in [1.54, 1.807) is 4.57 Å². The highest BCUT2D eigenvalue weighted by atomic mass is 16.3. The van der Waals surface area contributed by atoms with Gasteiger partial charge in [0.25, 0.3) is 0 Å². The van der Waals surface area contributed by atoms with Crippen molar-refractivity contribution in [2.75, 3.05) is 0 Å². The lowest BCUT2D eigenvalue weighted by Gasteiger charge is -2.10. The standard InChI is InChI=1S/C15H17N3O/c1-10(2)7-8-18-14(13(17)9-16)11-5-3-4-6-12(11)15(18)19/h3-6,10,17,19H,7-8H2,1-2H3. The fraction of sp³-hybridized carbons (Fsp3) is 0.333. The second-order valence-electron chi connectivity index (χ2n) is 5.04. The average molecular weight is 255 g/mol. The van der Waals surface area contributed by atoms with Crippen molar-refractivity contribution < 1.29 is 5.11 Å². The number of nitriles is 1.